The van der Waals surface area contributed by atoms with Crippen molar-refractivity contribution in [3.05, 3.63) is 63.5 Å². The molecule has 178 valence electrons. The Balaban J connectivity index is 1.54. The molecule has 3 heterocycles. The number of amides is 2. The Labute approximate surface area is 204 Å². The van der Waals surface area contributed by atoms with Crippen LogP contribution in [-0.4, -0.2) is 44.6 Å². The molecule has 4 rings (SSSR count). The minimum absolute atomic E-state index is 0.0176. The molecule has 1 N–H and O–H groups in total. The minimum Gasteiger partial charge on any atom is -0.343 e. The zero-order valence-electron chi connectivity index (χ0n) is 18.4. The third-order valence-electron chi connectivity index (χ3n) is 5.85. The molecule has 0 atom stereocenters. The largest absolute Gasteiger partial charge is 0.343 e. The number of rotatable bonds is 4. The van der Waals surface area contributed by atoms with E-state index in [0.29, 0.717) is 37.1 Å². The van der Waals surface area contributed by atoms with Crippen molar-refractivity contribution >= 4 is 40.8 Å². The maximum Gasteiger partial charge on any atom is 0.276 e. The van der Waals surface area contributed by atoms with E-state index < -0.39 is 22.6 Å². The number of pyridine rings is 1. The summed E-state index contributed by atoms with van der Waals surface area (Å²) in [5.41, 5.74) is 1.52. The van der Waals surface area contributed by atoms with Crippen LogP contribution in [0.1, 0.15) is 41.9 Å². The molecule has 34 heavy (non-hydrogen) atoms. The summed E-state index contributed by atoms with van der Waals surface area (Å²) in [6, 6.07) is 3.82. The molecule has 0 bridgehead atoms. The monoisotopic (exact) mass is 507 g/mol. The molecular weight excluding hydrogens is 487 g/mol. The molecule has 3 aromatic rings. The van der Waals surface area contributed by atoms with Crippen molar-refractivity contribution in [2.24, 2.45) is 0 Å². The summed E-state index contributed by atoms with van der Waals surface area (Å²) in [5.74, 6) is -1.93. The molecule has 0 spiro atoms. The number of aryl methyl sites for hydroxylation is 1. The van der Waals surface area contributed by atoms with Crippen molar-refractivity contribution in [3.8, 4) is 11.1 Å². The van der Waals surface area contributed by atoms with Crippen molar-refractivity contribution in [1.82, 2.24) is 19.7 Å². The van der Waals surface area contributed by atoms with Crippen LogP contribution in [0.25, 0.3) is 11.1 Å². The van der Waals surface area contributed by atoms with Gasteiger partial charge in [0.15, 0.2) is 0 Å². The van der Waals surface area contributed by atoms with Gasteiger partial charge in [-0.15, -0.1) is 0 Å². The first-order valence-electron chi connectivity index (χ1n) is 10.6. The molecule has 11 heteroatoms. The number of likely N-dealkylation sites (tertiary alicyclic amines) is 1. The fourth-order valence-electron chi connectivity index (χ4n) is 4.01. The second-order valence-corrected chi connectivity index (χ2v) is 8.91. The number of piperidine rings is 1. The van der Waals surface area contributed by atoms with Crippen LogP contribution in [0.5, 0.6) is 0 Å². The van der Waals surface area contributed by atoms with Gasteiger partial charge in [-0.25, -0.2) is 13.8 Å². The number of nitrogens with zero attached hydrogens (tertiary/aromatic N) is 4. The number of carbonyl (C=O) groups is 2. The molecule has 1 saturated heterocycles. The number of nitrogens with one attached hydrogen (secondary N) is 1. The Kier molecular flexibility index (Phi) is 6.86. The van der Waals surface area contributed by atoms with Gasteiger partial charge < -0.3 is 10.2 Å². The maximum atomic E-state index is 13.8. The van der Waals surface area contributed by atoms with E-state index in [1.165, 1.54) is 19.3 Å². The predicted molar refractivity (Wildman–Crippen MR) is 125 cm³/mol. The molecule has 1 fully saturated rings. The van der Waals surface area contributed by atoms with Crippen LogP contribution in [0.4, 0.5) is 14.6 Å². The fourth-order valence-corrected chi connectivity index (χ4v) is 4.33. The zero-order valence-corrected chi connectivity index (χ0v) is 19.9. The lowest BCUT2D eigenvalue weighted by Gasteiger charge is -2.32. The SMILES string of the molecule is CC(=O)N1CCC(n2ncc(Cl)c2C(=O)Nc2ncc(-c3cc(F)c(Cl)c(F)c3)cc2C)CC1. The zero-order chi connectivity index (χ0) is 24.6. The van der Waals surface area contributed by atoms with Gasteiger partial charge in [0.25, 0.3) is 5.91 Å². The first kappa shape index (κ1) is 24.1. The van der Waals surface area contributed by atoms with Gasteiger partial charge >= 0.3 is 0 Å². The molecule has 0 saturated carbocycles. The minimum atomic E-state index is -0.872. The molecule has 2 aromatic heterocycles. The summed E-state index contributed by atoms with van der Waals surface area (Å²) >= 11 is 11.8. The van der Waals surface area contributed by atoms with Crippen LogP contribution >= 0.6 is 23.2 Å². The van der Waals surface area contributed by atoms with E-state index in [2.05, 4.69) is 15.4 Å². The number of hydrogen-bond donors (Lipinski definition) is 1. The number of anilines is 1. The van der Waals surface area contributed by atoms with Crippen LogP contribution in [-0.2, 0) is 4.79 Å². The normalized spacial score (nSPS) is 14.4. The molecule has 0 radical (unpaired) electrons. The Morgan fingerprint density at radius 1 is 1.06 bits per heavy atom. The highest BCUT2D eigenvalue weighted by Gasteiger charge is 2.28. The molecule has 1 aliphatic rings. The lowest BCUT2D eigenvalue weighted by Crippen LogP contribution is -2.38. The molecule has 0 aliphatic carbocycles. The predicted octanol–water partition coefficient (Wildman–Crippen LogP) is 5.27. The average molecular weight is 508 g/mol. The van der Waals surface area contributed by atoms with Crippen molar-refractivity contribution in [2.75, 3.05) is 18.4 Å². The van der Waals surface area contributed by atoms with Crippen LogP contribution in [0.15, 0.2) is 30.6 Å². The third-order valence-corrected chi connectivity index (χ3v) is 6.49. The quantitative estimate of drug-likeness (QED) is 0.487. The fraction of sp³-hybridized carbons (Fsp3) is 0.304. The molecule has 1 aromatic carbocycles. The van der Waals surface area contributed by atoms with E-state index in [1.54, 1.807) is 22.6 Å². The van der Waals surface area contributed by atoms with Gasteiger partial charge in [0.1, 0.15) is 28.2 Å². The van der Waals surface area contributed by atoms with E-state index in [9.17, 15) is 18.4 Å². The van der Waals surface area contributed by atoms with Gasteiger partial charge in [-0.05, 0) is 49.1 Å². The van der Waals surface area contributed by atoms with Crippen molar-refractivity contribution in [3.63, 3.8) is 0 Å². The maximum absolute atomic E-state index is 13.8. The molecule has 2 amide bonds. The van der Waals surface area contributed by atoms with Gasteiger partial charge in [0, 0.05) is 31.8 Å². The first-order chi connectivity index (χ1) is 16.2. The summed E-state index contributed by atoms with van der Waals surface area (Å²) in [6.07, 6.45) is 4.12. The Hall–Kier alpha value is -3.04. The number of halogens is 4. The van der Waals surface area contributed by atoms with Gasteiger partial charge in [-0.2, -0.15) is 5.10 Å². The molecule has 7 nitrogen and oxygen atoms in total. The van der Waals surface area contributed by atoms with Crippen molar-refractivity contribution < 1.29 is 18.4 Å². The van der Waals surface area contributed by atoms with Gasteiger partial charge in [0.2, 0.25) is 5.91 Å². The van der Waals surface area contributed by atoms with Crippen molar-refractivity contribution in [1.29, 1.82) is 0 Å². The molecular formula is C23H21Cl2F2N5O2. The van der Waals surface area contributed by atoms with Gasteiger partial charge in [-0.1, -0.05) is 23.2 Å². The van der Waals surface area contributed by atoms with E-state index in [4.69, 9.17) is 23.2 Å². The van der Waals surface area contributed by atoms with E-state index >= 15 is 0 Å². The van der Waals surface area contributed by atoms with Crippen LogP contribution in [0.3, 0.4) is 0 Å². The summed E-state index contributed by atoms with van der Waals surface area (Å²) in [5, 5.41) is 6.66. The Bertz CT molecular complexity index is 1250. The van der Waals surface area contributed by atoms with Crippen LogP contribution in [0.2, 0.25) is 10.0 Å². The standard InChI is InChI=1S/C23H21Cl2F2N5O2/c1-12-7-15(14-8-18(26)20(25)19(27)9-14)10-28-22(12)30-23(34)21-17(24)11-29-32(21)16-3-5-31(6-4-16)13(2)33/h7-11,16H,3-6H2,1-2H3,(H,28,30,34). The number of carbonyl (C=O) groups excluding carboxylic acids is 2. The lowest BCUT2D eigenvalue weighted by molar-refractivity contribution is -0.130. The third kappa shape index (κ3) is 4.76. The van der Waals surface area contributed by atoms with Crippen LogP contribution < -0.4 is 5.32 Å². The number of aromatic nitrogens is 3. The highest BCUT2D eigenvalue weighted by Crippen LogP contribution is 2.30. The van der Waals surface area contributed by atoms with E-state index in [-0.39, 0.29) is 34.0 Å². The second-order valence-electron chi connectivity index (χ2n) is 8.12. The topological polar surface area (TPSA) is 80.1 Å². The smallest absolute Gasteiger partial charge is 0.276 e. The van der Waals surface area contributed by atoms with Gasteiger partial charge in [-0.3, -0.25) is 14.3 Å². The average Bonchev–Trinajstić information content (AvgIpc) is 3.20. The highest BCUT2D eigenvalue weighted by atomic mass is 35.5. The van der Waals surface area contributed by atoms with E-state index in [0.717, 1.165) is 12.1 Å². The Morgan fingerprint density at radius 2 is 1.71 bits per heavy atom. The summed E-state index contributed by atoms with van der Waals surface area (Å²) < 4.78 is 29.3. The molecule has 0 unspecified atom stereocenters. The number of benzene rings is 1. The van der Waals surface area contributed by atoms with E-state index in [1.807, 2.05) is 0 Å². The first-order valence-corrected chi connectivity index (χ1v) is 11.3. The summed E-state index contributed by atoms with van der Waals surface area (Å²) in [7, 11) is 0. The van der Waals surface area contributed by atoms with Gasteiger partial charge in [0.05, 0.1) is 17.3 Å². The van der Waals surface area contributed by atoms with Crippen LogP contribution in [0, 0.1) is 18.6 Å². The molecule has 1 aliphatic heterocycles. The highest BCUT2D eigenvalue weighted by molar-refractivity contribution is 6.34. The number of hydrogen-bond acceptors (Lipinski definition) is 4. The Morgan fingerprint density at radius 3 is 2.29 bits per heavy atom. The lowest BCUT2D eigenvalue weighted by atomic mass is 10.0. The summed E-state index contributed by atoms with van der Waals surface area (Å²) in [6.45, 7) is 4.40. The van der Waals surface area contributed by atoms with Crippen molar-refractivity contribution in [2.45, 2.75) is 32.7 Å². The second kappa shape index (κ2) is 9.68. The summed E-state index contributed by atoms with van der Waals surface area (Å²) in [4.78, 5) is 30.7.